The van der Waals surface area contributed by atoms with E-state index in [9.17, 15) is 18.8 Å². The molecular weight excluding hydrogens is 436 g/mol. The third kappa shape index (κ3) is 8.26. The van der Waals surface area contributed by atoms with Crippen LogP contribution < -0.4 is 20.7 Å². The summed E-state index contributed by atoms with van der Waals surface area (Å²) in [7, 11) is 0. The Morgan fingerprint density at radius 1 is 0.900 bits per heavy atom. The highest BCUT2D eigenvalue weighted by atomic mass is 35.5. The minimum absolute atomic E-state index is 0.170. The Labute approximate surface area is 182 Å². The van der Waals surface area contributed by atoms with Crippen molar-refractivity contribution in [1.82, 2.24) is 16.0 Å². The molecule has 10 heteroatoms. The van der Waals surface area contributed by atoms with Crippen LogP contribution in [0.1, 0.15) is 16.8 Å². The lowest BCUT2D eigenvalue weighted by molar-refractivity contribution is -0.125. The van der Waals surface area contributed by atoms with Crippen LogP contribution in [-0.4, -0.2) is 44.0 Å². The van der Waals surface area contributed by atoms with Gasteiger partial charge in [-0.25, -0.2) is 4.39 Å². The highest BCUT2D eigenvalue weighted by Gasteiger charge is 2.12. The van der Waals surface area contributed by atoms with Gasteiger partial charge in [0.1, 0.15) is 11.6 Å². The van der Waals surface area contributed by atoms with E-state index in [0.717, 1.165) is 0 Å². The lowest BCUT2D eigenvalue weighted by atomic mass is 10.2. The zero-order valence-corrected chi connectivity index (χ0v) is 17.4. The SMILES string of the molecule is O=C(CNC(=O)CNC(=O)c1ccc(Cl)cc1Cl)NCCCOc1ccc(F)cc1. The Balaban J connectivity index is 1.57. The van der Waals surface area contributed by atoms with Crippen LogP contribution in [-0.2, 0) is 9.59 Å². The minimum atomic E-state index is -0.530. The van der Waals surface area contributed by atoms with Crippen LogP contribution in [0.2, 0.25) is 10.0 Å². The summed E-state index contributed by atoms with van der Waals surface area (Å²) in [6, 6.07) is 10.0. The van der Waals surface area contributed by atoms with Crippen molar-refractivity contribution < 1.29 is 23.5 Å². The molecule has 7 nitrogen and oxygen atoms in total. The van der Waals surface area contributed by atoms with Gasteiger partial charge in [0.05, 0.1) is 30.3 Å². The smallest absolute Gasteiger partial charge is 0.253 e. The number of ether oxygens (including phenoxy) is 1. The molecule has 3 amide bonds. The molecule has 0 spiro atoms. The van der Waals surface area contributed by atoms with Gasteiger partial charge in [-0.15, -0.1) is 0 Å². The van der Waals surface area contributed by atoms with Gasteiger partial charge in [-0.3, -0.25) is 14.4 Å². The molecule has 0 aliphatic heterocycles. The molecule has 0 atom stereocenters. The number of nitrogens with one attached hydrogen (secondary N) is 3. The molecule has 0 heterocycles. The van der Waals surface area contributed by atoms with E-state index in [1.54, 1.807) is 0 Å². The molecule has 0 aliphatic carbocycles. The van der Waals surface area contributed by atoms with Crippen molar-refractivity contribution in [2.24, 2.45) is 0 Å². The number of benzene rings is 2. The van der Waals surface area contributed by atoms with E-state index >= 15 is 0 Å². The van der Waals surface area contributed by atoms with Crippen LogP contribution in [0.4, 0.5) is 4.39 Å². The number of carbonyl (C=O) groups excluding carboxylic acids is 3. The average Bonchev–Trinajstić information content (AvgIpc) is 2.71. The quantitative estimate of drug-likeness (QED) is 0.479. The third-order valence-corrected chi connectivity index (χ3v) is 4.30. The molecular formula is C20H20Cl2FN3O4. The summed E-state index contributed by atoms with van der Waals surface area (Å²) in [5.41, 5.74) is 0.189. The van der Waals surface area contributed by atoms with Gasteiger partial charge >= 0.3 is 0 Å². The molecule has 2 aromatic rings. The number of amides is 3. The first kappa shape index (κ1) is 23.4. The van der Waals surface area contributed by atoms with Crippen LogP contribution in [0.5, 0.6) is 5.75 Å². The number of hydrogen-bond acceptors (Lipinski definition) is 4. The number of hydrogen-bond donors (Lipinski definition) is 3. The van der Waals surface area contributed by atoms with Gasteiger partial charge in [-0.1, -0.05) is 23.2 Å². The molecule has 0 saturated carbocycles. The van der Waals surface area contributed by atoms with E-state index in [-0.39, 0.29) is 35.4 Å². The fourth-order valence-corrected chi connectivity index (χ4v) is 2.75. The lowest BCUT2D eigenvalue weighted by Gasteiger charge is -2.09. The highest BCUT2D eigenvalue weighted by molar-refractivity contribution is 6.36. The summed E-state index contributed by atoms with van der Waals surface area (Å²) < 4.78 is 18.2. The Hall–Kier alpha value is -2.84. The molecule has 2 aromatic carbocycles. The van der Waals surface area contributed by atoms with Crippen LogP contribution >= 0.6 is 23.2 Å². The van der Waals surface area contributed by atoms with Gasteiger partial charge in [0.2, 0.25) is 11.8 Å². The number of halogens is 3. The second kappa shape index (κ2) is 12.0. The molecule has 0 radical (unpaired) electrons. The maximum atomic E-state index is 12.8. The fraction of sp³-hybridized carbons (Fsp3) is 0.250. The van der Waals surface area contributed by atoms with Crippen LogP contribution in [0.25, 0.3) is 0 Å². The van der Waals surface area contributed by atoms with E-state index < -0.39 is 11.8 Å². The van der Waals surface area contributed by atoms with E-state index in [0.29, 0.717) is 30.3 Å². The second-order valence-corrected chi connectivity index (χ2v) is 6.93. The maximum Gasteiger partial charge on any atom is 0.253 e. The van der Waals surface area contributed by atoms with Crippen LogP contribution in [0, 0.1) is 5.82 Å². The Morgan fingerprint density at radius 2 is 1.57 bits per heavy atom. The average molecular weight is 456 g/mol. The molecule has 2 rings (SSSR count). The summed E-state index contributed by atoms with van der Waals surface area (Å²) in [4.78, 5) is 35.5. The van der Waals surface area contributed by atoms with Crippen molar-refractivity contribution in [2.45, 2.75) is 6.42 Å². The molecule has 3 N–H and O–H groups in total. The normalized spacial score (nSPS) is 10.2. The van der Waals surface area contributed by atoms with Crippen molar-refractivity contribution >= 4 is 40.9 Å². The Bertz CT molecular complexity index is 894. The Kier molecular flexibility index (Phi) is 9.37. The Morgan fingerprint density at radius 3 is 2.27 bits per heavy atom. The van der Waals surface area contributed by atoms with Crippen molar-refractivity contribution in [3.8, 4) is 5.75 Å². The first-order valence-corrected chi connectivity index (χ1v) is 9.76. The fourth-order valence-electron chi connectivity index (χ4n) is 2.25. The third-order valence-electron chi connectivity index (χ3n) is 3.76. The largest absolute Gasteiger partial charge is 0.494 e. The van der Waals surface area contributed by atoms with Crippen molar-refractivity contribution in [3.63, 3.8) is 0 Å². The van der Waals surface area contributed by atoms with E-state index in [4.69, 9.17) is 27.9 Å². The summed E-state index contributed by atoms with van der Waals surface area (Å²) in [5, 5.41) is 8.00. The summed E-state index contributed by atoms with van der Waals surface area (Å²) in [6.07, 6.45) is 0.537. The van der Waals surface area contributed by atoms with E-state index in [1.165, 1.54) is 42.5 Å². The zero-order chi connectivity index (χ0) is 21.9. The summed E-state index contributed by atoms with van der Waals surface area (Å²) in [5.74, 6) is -1.24. The van der Waals surface area contributed by atoms with Crippen molar-refractivity contribution in [1.29, 1.82) is 0 Å². The molecule has 0 aliphatic rings. The van der Waals surface area contributed by atoms with E-state index in [1.807, 2.05) is 0 Å². The van der Waals surface area contributed by atoms with Gasteiger partial charge in [-0.2, -0.15) is 0 Å². The van der Waals surface area contributed by atoms with Crippen molar-refractivity contribution in [3.05, 3.63) is 63.9 Å². The maximum absolute atomic E-state index is 12.8. The van der Waals surface area contributed by atoms with Gasteiger partial charge in [0.25, 0.3) is 5.91 Å². The van der Waals surface area contributed by atoms with Gasteiger partial charge in [0.15, 0.2) is 0 Å². The summed E-state index contributed by atoms with van der Waals surface area (Å²) >= 11 is 11.7. The zero-order valence-electron chi connectivity index (χ0n) is 15.8. The molecule has 0 saturated heterocycles. The monoisotopic (exact) mass is 455 g/mol. The first-order valence-electron chi connectivity index (χ1n) is 9.00. The van der Waals surface area contributed by atoms with Crippen LogP contribution in [0.3, 0.4) is 0 Å². The molecule has 160 valence electrons. The van der Waals surface area contributed by atoms with Gasteiger partial charge < -0.3 is 20.7 Å². The molecule has 0 unspecified atom stereocenters. The highest BCUT2D eigenvalue weighted by Crippen LogP contribution is 2.20. The number of carbonyl (C=O) groups is 3. The molecule has 30 heavy (non-hydrogen) atoms. The number of rotatable bonds is 10. The molecule has 0 fully saturated rings. The summed E-state index contributed by atoms with van der Waals surface area (Å²) in [6.45, 7) is 0.158. The molecule has 0 bridgehead atoms. The minimum Gasteiger partial charge on any atom is -0.494 e. The molecule has 0 aromatic heterocycles. The standard InChI is InChI=1S/C20H20Cl2FN3O4/c21-13-2-7-16(17(22)10-13)20(29)26-12-19(28)25-11-18(27)24-8-1-9-30-15-5-3-14(23)4-6-15/h2-7,10H,1,8-9,11-12H2,(H,24,27)(H,25,28)(H,26,29). The predicted octanol–water partition coefficient (Wildman–Crippen LogP) is 2.56. The van der Waals surface area contributed by atoms with Gasteiger partial charge in [0, 0.05) is 11.6 Å². The van der Waals surface area contributed by atoms with Crippen molar-refractivity contribution in [2.75, 3.05) is 26.2 Å². The topological polar surface area (TPSA) is 96.5 Å². The van der Waals surface area contributed by atoms with Gasteiger partial charge in [-0.05, 0) is 48.9 Å². The van der Waals surface area contributed by atoms with Crippen LogP contribution in [0.15, 0.2) is 42.5 Å². The first-order chi connectivity index (χ1) is 14.3. The predicted molar refractivity (Wildman–Crippen MR) is 111 cm³/mol. The lowest BCUT2D eigenvalue weighted by Crippen LogP contribution is -2.42. The van der Waals surface area contributed by atoms with E-state index in [2.05, 4.69) is 16.0 Å². The second-order valence-electron chi connectivity index (χ2n) is 6.09.